The number of halogens is 2. The lowest BCUT2D eigenvalue weighted by Gasteiger charge is -2.40. The van der Waals surface area contributed by atoms with Crippen molar-refractivity contribution in [3.05, 3.63) is 65.2 Å². The molecule has 2 amide bonds. The van der Waals surface area contributed by atoms with Crippen molar-refractivity contribution in [2.45, 2.75) is 31.7 Å². The van der Waals surface area contributed by atoms with Crippen LogP contribution in [-0.4, -0.2) is 37.1 Å². The van der Waals surface area contributed by atoms with Gasteiger partial charge >= 0.3 is 6.03 Å². The second-order valence-electron chi connectivity index (χ2n) is 7.77. The van der Waals surface area contributed by atoms with Crippen LogP contribution in [0, 0.1) is 11.6 Å². The van der Waals surface area contributed by atoms with Crippen LogP contribution in [0.3, 0.4) is 0 Å². The molecule has 1 spiro atoms. The predicted octanol–water partition coefficient (Wildman–Crippen LogP) is 4.05. The number of fused-ring (bicyclic) bond motifs is 2. The minimum atomic E-state index is -0.260. The number of hydrogen-bond acceptors (Lipinski definition) is 2. The summed E-state index contributed by atoms with van der Waals surface area (Å²) >= 11 is 0. The Morgan fingerprint density at radius 3 is 2.43 bits per heavy atom. The van der Waals surface area contributed by atoms with Crippen molar-refractivity contribution < 1.29 is 13.6 Å². The smallest absolute Gasteiger partial charge is 0.321 e. The summed E-state index contributed by atoms with van der Waals surface area (Å²) in [5.74, 6) is -0.485. The third-order valence-corrected chi connectivity index (χ3v) is 5.99. The van der Waals surface area contributed by atoms with E-state index in [-0.39, 0.29) is 23.1 Å². The average Bonchev–Trinajstić information content (AvgIpc) is 2.99. The number of benzene rings is 2. The highest BCUT2D eigenvalue weighted by Crippen LogP contribution is 2.47. The van der Waals surface area contributed by atoms with Gasteiger partial charge in [-0.15, -0.1) is 0 Å². The molecule has 0 aliphatic carbocycles. The van der Waals surface area contributed by atoms with E-state index < -0.39 is 0 Å². The third-order valence-electron chi connectivity index (χ3n) is 5.99. The fourth-order valence-electron chi connectivity index (χ4n) is 4.48. The van der Waals surface area contributed by atoms with E-state index in [4.69, 9.17) is 0 Å². The lowest BCUT2D eigenvalue weighted by molar-refractivity contribution is 0.159. The van der Waals surface area contributed by atoms with Crippen LogP contribution in [0.4, 0.5) is 19.3 Å². The molecule has 0 radical (unpaired) electrons. The Balaban J connectivity index is 1.52. The Kier molecular flexibility index (Phi) is 5.06. The van der Waals surface area contributed by atoms with Gasteiger partial charge in [0.15, 0.2) is 0 Å². The molecule has 1 fully saturated rings. The number of nitrogens with zero attached hydrogens (tertiary/aromatic N) is 2. The molecule has 0 aromatic heterocycles. The molecular formula is C22H25F2N3O. The first kappa shape index (κ1) is 18.9. The average molecular weight is 385 g/mol. The van der Waals surface area contributed by atoms with Gasteiger partial charge in [-0.1, -0.05) is 12.1 Å². The Hall–Kier alpha value is -2.47. The molecule has 4 nitrogen and oxygen atoms in total. The lowest BCUT2D eigenvalue weighted by atomic mass is 9.74. The van der Waals surface area contributed by atoms with E-state index in [0.717, 1.165) is 49.3 Å². The number of urea groups is 1. The van der Waals surface area contributed by atoms with Crippen molar-refractivity contribution in [3.8, 4) is 0 Å². The standard InChI is InChI=1S/C22H25F2N3O/c1-2-25-21(28)27-15-22(19-13-18(24)7-8-20(19)27)9-11-26(12-10-22)14-16-3-5-17(23)6-4-16/h3-8,13H,2,9-12,14-15H2,1H3,(H,25,28). The molecule has 148 valence electrons. The summed E-state index contributed by atoms with van der Waals surface area (Å²) in [6.45, 7) is 5.52. The molecule has 0 bridgehead atoms. The Labute approximate surface area is 164 Å². The zero-order chi connectivity index (χ0) is 19.7. The van der Waals surface area contributed by atoms with E-state index in [0.29, 0.717) is 13.1 Å². The predicted molar refractivity (Wildman–Crippen MR) is 105 cm³/mol. The van der Waals surface area contributed by atoms with Gasteiger partial charge in [-0.05, 0) is 74.3 Å². The molecular weight excluding hydrogens is 360 g/mol. The maximum absolute atomic E-state index is 14.0. The van der Waals surface area contributed by atoms with Crippen LogP contribution in [0.2, 0.25) is 0 Å². The maximum Gasteiger partial charge on any atom is 0.321 e. The van der Waals surface area contributed by atoms with Crippen LogP contribution >= 0.6 is 0 Å². The molecule has 0 saturated carbocycles. The minimum Gasteiger partial charge on any atom is -0.338 e. The quantitative estimate of drug-likeness (QED) is 0.865. The van der Waals surface area contributed by atoms with Gasteiger partial charge in [-0.25, -0.2) is 13.6 Å². The largest absolute Gasteiger partial charge is 0.338 e. The van der Waals surface area contributed by atoms with E-state index in [1.807, 2.05) is 19.1 Å². The number of piperidine rings is 1. The lowest BCUT2D eigenvalue weighted by Crippen LogP contribution is -2.47. The van der Waals surface area contributed by atoms with Crippen LogP contribution in [-0.2, 0) is 12.0 Å². The van der Waals surface area contributed by atoms with E-state index in [2.05, 4.69) is 10.2 Å². The summed E-state index contributed by atoms with van der Waals surface area (Å²) in [5.41, 5.74) is 2.64. The van der Waals surface area contributed by atoms with Crippen LogP contribution in [0.1, 0.15) is 30.9 Å². The fraction of sp³-hybridized carbons (Fsp3) is 0.409. The number of likely N-dealkylation sites (tertiary alicyclic amines) is 1. The van der Waals surface area contributed by atoms with Crippen molar-refractivity contribution in [2.24, 2.45) is 0 Å². The van der Waals surface area contributed by atoms with Crippen LogP contribution in [0.15, 0.2) is 42.5 Å². The summed E-state index contributed by atoms with van der Waals surface area (Å²) < 4.78 is 27.1. The van der Waals surface area contributed by atoms with E-state index in [9.17, 15) is 13.6 Å². The SMILES string of the molecule is CCNC(=O)N1CC2(CCN(Cc3ccc(F)cc3)CC2)c2cc(F)ccc21. The van der Waals surface area contributed by atoms with Gasteiger partial charge < -0.3 is 5.32 Å². The molecule has 2 aromatic rings. The number of carbonyl (C=O) groups excluding carboxylic acids is 1. The fourth-order valence-corrected chi connectivity index (χ4v) is 4.48. The first-order valence-corrected chi connectivity index (χ1v) is 9.83. The van der Waals surface area contributed by atoms with Crippen molar-refractivity contribution >= 4 is 11.7 Å². The Morgan fingerprint density at radius 1 is 1.07 bits per heavy atom. The second kappa shape index (κ2) is 7.51. The maximum atomic E-state index is 14.0. The van der Waals surface area contributed by atoms with Gasteiger partial charge in [0.25, 0.3) is 0 Å². The van der Waals surface area contributed by atoms with Gasteiger partial charge in [0, 0.05) is 30.7 Å². The summed E-state index contributed by atoms with van der Waals surface area (Å²) in [5, 5.41) is 2.86. The molecule has 2 heterocycles. The Bertz CT molecular complexity index is 861. The number of carbonyl (C=O) groups is 1. The zero-order valence-corrected chi connectivity index (χ0v) is 16.0. The number of anilines is 1. The molecule has 0 unspecified atom stereocenters. The molecule has 28 heavy (non-hydrogen) atoms. The summed E-state index contributed by atoms with van der Waals surface area (Å²) in [6, 6.07) is 11.2. The van der Waals surface area contributed by atoms with Gasteiger partial charge in [0.2, 0.25) is 0 Å². The third kappa shape index (κ3) is 3.49. The molecule has 2 aromatic carbocycles. The van der Waals surface area contributed by atoms with Gasteiger partial charge in [-0.2, -0.15) is 0 Å². The van der Waals surface area contributed by atoms with Gasteiger partial charge in [-0.3, -0.25) is 9.80 Å². The van der Waals surface area contributed by atoms with Crippen molar-refractivity contribution in [1.82, 2.24) is 10.2 Å². The highest BCUT2D eigenvalue weighted by molar-refractivity contribution is 5.95. The second-order valence-corrected chi connectivity index (χ2v) is 7.77. The zero-order valence-electron chi connectivity index (χ0n) is 16.0. The first-order valence-electron chi connectivity index (χ1n) is 9.83. The summed E-state index contributed by atoms with van der Waals surface area (Å²) in [7, 11) is 0. The van der Waals surface area contributed by atoms with Crippen LogP contribution in [0.5, 0.6) is 0 Å². The van der Waals surface area contributed by atoms with Gasteiger partial charge in [0.05, 0.1) is 0 Å². The molecule has 2 aliphatic rings. The highest BCUT2D eigenvalue weighted by Gasteiger charge is 2.46. The van der Waals surface area contributed by atoms with E-state index in [1.54, 1.807) is 17.0 Å². The molecule has 1 N–H and O–H groups in total. The normalized spacial score (nSPS) is 18.3. The molecule has 1 saturated heterocycles. The number of amides is 2. The van der Waals surface area contributed by atoms with Crippen molar-refractivity contribution in [3.63, 3.8) is 0 Å². The number of nitrogens with one attached hydrogen (secondary N) is 1. The summed E-state index contributed by atoms with van der Waals surface area (Å²) in [6.07, 6.45) is 1.72. The molecule has 2 aliphatic heterocycles. The summed E-state index contributed by atoms with van der Waals surface area (Å²) in [4.78, 5) is 16.6. The molecule has 6 heteroatoms. The number of hydrogen-bond donors (Lipinski definition) is 1. The Morgan fingerprint density at radius 2 is 1.75 bits per heavy atom. The van der Waals surface area contributed by atoms with Crippen LogP contribution in [0.25, 0.3) is 0 Å². The molecule has 0 atom stereocenters. The topological polar surface area (TPSA) is 35.6 Å². The molecule has 4 rings (SSSR count). The van der Waals surface area contributed by atoms with E-state index >= 15 is 0 Å². The monoisotopic (exact) mass is 385 g/mol. The first-order chi connectivity index (χ1) is 13.5. The van der Waals surface area contributed by atoms with Crippen molar-refractivity contribution in [2.75, 3.05) is 31.1 Å². The van der Waals surface area contributed by atoms with Gasteiger partial charge in [0.1, 0.15) is 11.6 Å². The minimum absolute atomic E-state index is 0.124. The number of rotatable bonds is 3. The van der Waals surface area contributed by atoms with E-state index in [1.165, 1.54) is 18.2 Å². The highest BCUT2D eigenvalue weighted by atomic mass is 19.1. The van der Waals surface area contributed by atoms with Crippen molar-refractivity contribution in [1.29, 1.82) is 0 Å². The van der Waals surface area contributed by atoms with Crippen LogP contribution < -0.4 is 10.2 Å².